The summed E-state index contributed by atoms with van der Waals surface area (Å²) in [5.74, 6) is 1.07. The van der Waals surface area contributed by atoms with Gasteiger partial charge in [0.1, 0.15) is 11.3 Å². The van der Waals surface area contributed by atoms with Crippen molar-refractivity contribution in [1.82, 2.24) is 15.0 Å². The molecule has 0 bridgehead atoms. The highest BCUT2D eigenvalue weighted by atomic mass is 16.3. The van der Waals surface area contributed by atoms with E-state index < -0.39 is 0 Å². The smallest absolute Gasteiger partial charge is 0.223 e. The molecule has 2 N–H and O–H groups in total. The van der Waals surface area contributed by atoms with Crippen molar-refractivity contribution >= 4 is 16.9 Å². The van der Waals surface area contributed by atoms with Crippen LogP contribution < -0.4 is 5.32 Å². The van der Waals surface area contributed by atoms with Crippen molar-refractivity contribution in [2.75, 3.05) is 5.32 Å². The van der Waals surface area contributed by atoms with Gasteiger partial charge in [-0.2, -0.15) is 0 Å². The van der Waals surface area contributed by atoms with Crippen LogP contribution in [-0.4, -0.2) is 20.1 Å². The first-order valence-electron chi connectivity index (χ1n) is 7.81. The van der Waals surface area contributed by atoms with Gasteiger partial charge in [0.25, 0.3) is 0 Å². The first-order chi connectivity index (χ1) is 11.2. The highest BCUT2D eigenvalue weighted by Gasteiger charge is 2.23. The van der Waals surface area contributed by atoms with Gasteiger partial charge in [0.05, 0.1) is 6.04 Å². The van der Waals surface area contributed by atoms with Gasteiger partial charge in [-0.05, 0) is 18.1 Å². The van der Waals surface area contributed by atoms with Gasteiger partial charge >= 0.3 is 0 Å². The molecule has 5 heteroatoms. The fourth-order valence-electron chi connectivity index (χ4n) is 2.67. The van der Waals surface area contributed by atoms with Crippen LogP contribution in [0.25, 0.3) is 10.9 Å². The Morgan fingerprint density at radius 3 is 2.52 bits per heavy atom. The normalized spacial score (nSPS) is 13.7. The Kier molecular flexibility index (Phi) is 4.37. The van der Waals surface area contributed by atoms with E-state index in [1.807, 2.05) is 24.3 Å². The Bertz CT molecular complexity index is 791. The number of nitrogens with one attached hydrogen (secondary N) is 1. The molecule has 23 heavy (non-hydrogen) atoms. The third-order valence-electron chi connectivity index (χ3n) is 4.18. The Balaban J connectivity index is 2.04. The topological polar surface area (TPSA) is 70.9 Å². The Morgan fingerprint density at radius 1 is 1.04 bits per heavy atom. The van der Waals surface area contributed by atoms with Gasteiger partial charge in [0.15, 0.2) is 0 Å². The predicted octanol–water partition coefficient (Wildman–Crippen LogP) is 3.93. The van der Waals surface area contributed by atoms with Crippen LogP contribution in [0.3, 0.4) is 0 Å². The number of hydrogen-bond donors (Lipinski definition) is 2. The van der Waals surface area contributed by atoms with Crippen LogP contribution in [0.2, 0.25) is 0 Å². The zero-order valence-electron chi connectivity index (χ0n) is 13.3. The minimum absolute atomic E-state index is 0.0891. The van der Waals surface area contributed by atoms with Crippen LogP contribution >= 0.6 is 0 Å². The fourth-order valence-corrected chi connectivity index (χ4v) is 2.67. The van der Waals surface area contributed by atoms with Crippen molar-refractivity contribution < 1.29 is 5.11 Å². The summed E-state index contributed by atoms with van der Waals surface area (Å²) in [6.45, 7) is 4.27. The van der Waals surface area contributed by atoms with E-state index in [-0.39, 0.29) is 11.8 Å². The summed E-state index contributed by atoms with van der Waals surface area (Å²) in [7, 11) is 0. The molecule has 0 fully saturated rings. The zero-order chi connectivity index (χ0) is 16.2. The number of aromatic nitrogens is 3. The molecule has 0 aliphatic rings. The average molecular weight is 308 g/mol. The van der Waals surface area contributed by atoms with Crippen molar-refractivity contribution in [1.29, 1.82) is 0 Å². The third kappa shape index (κ3) is 3.08. The molecule has 2 unspecified atom stereocenters. The quantitative estimate of drug-likeness (QED) is 0.747. The average Bonchev–Trinajstić information content (AvgIpc) is 2.61. The first kappa shape index (κ1) is 15.2. The van der Waals surface area contributed by atoms with Crippen molar-refractivity contribution in [3.05, 3.63) is 54.5 Å². The summed E-state index contributed by atoms with van der Waals surface area (Å²) in [5, 5.41) is 15.0. The minimum atomic E-state index is -0.0891. The summed E-state index contributed by atoms with van der Waals surface area (Å²) in [6, 6.07) is 9.43. The highest BCUT2D eigenvalue weighted by Crippen LogP contribution is 2.36. The Labute approximate surface area is 135 Å². The van der Waals surface area contributed by atoms with Crippen molar-refractivity contribution in [3.63, 3.8) is 0 Å². The number of phenols is 1. The summed E-state index contributed by atoms with van der Waals surface area (Å²) in [5.41, 5.74) is 1.44. The molecule has 0 radical (unpaired) electrons. The molecule has 2 heterocycles. The number of pyridine rings is 1. The van der Waals surface area contributed by atoms with Crippen LogP contribution in [0, 0.1) is 5.92 Å². The number of benzene rings is 1. The summed E-state index contributed by atoms with van der Waals surface area (Å²) in [4.78, 5) is 12.8. The monoisotopic (exact) mass is 308 g/mol. The van der Waals surface area contributed by atoms with E-state index in [1.54, 1.807) is 24.7 Å². The van der Waals surface area contributed by atoms with E-state index in [0.717, 1.165) is 17.4 Å². The molecule has 2 atom stereocenters. The van der Waals surface area contributed by atoms with Gasteiger partial charge in [0, 0.05) is 29.5 Å². The number of phenolic OH excluding ortho intramolecular Hbond substituents is 1. The summed E-state index contributed by atoms with van der Waals surface area (Å²) >= 11 is 0. The van der Waals surface area contributed by atoms with E-state index in [9.17, 15) is 5.11 Å². The second kappa shape index (κ2) is 6.60. The van der Waals surface area contributed by atoms with Crippen LogP contribution in [-0.2, 0) is 0 Å². The van der Waals surface area contributed by atoms with Crippen molar-refractivity contribution in [2.45, 2.75) is 26.3 Å². The lowest BCUT2D eigenvalue weighted by Gasteiger charge is -2.25. The molecule has 3 rings (SSSR count). The second-order valence-corrected chi connectivity index (χ2v) is 5.66. The van der Waals surface area contributed by atoms with Gasteiger partial charge in [-0.1, -0.05) is 38.5 Å². The van der Waals surface area contributed by atoms with Crippen LogP contribution in [0.5, 0.6) is 5.75 Å². The maximum Gasteiger partial charge on any atom is 0.223 e. The number of hydrogen-bond acceptors (Lipinski definition) is 5. The molecular formula is C18H20N4O. The highest BCUT2D eigenvalue weighted by molar-refractivity contribution is 5.85. The van der Waals surface area contributed by atoms with Gasteiger partial charge in [-0.3, -0.25) is 4.98 Å². The Morgan fingerprint density at radius 2 is 1.78 bits per heavy atom. The molecule has 0 aliphatic carbocycles. The molecule has 5 nitrogen and oxygen atoms in total. The largest absolute Gasteiger partial charge is 0.505 e. The van der Waals surface area contributed by atoms with E-state index in [0.29, 0.717) is 17.4 Å². The van der Waals surface area contributed by atoms with Crippen LogP contribution in [0.15, 0.2) is 48.9 Å². The molecule has 0 amide bonds. The number of aromatic hydroxyl groups is 1. The summed E-state index contributed by atoms with van der Waals surface area (Å²) in [6.07, 6.45) is 6.05. The van der Waals surface area contributed by atoms with Crippen LogP contribution in [0.4, 0.5) is 5.95 Å². The molecule has 1 aromatic carbocycles. The van der Waals surface area contributed by atoms with Gasteiger partial charge in [-0.15, -0.1) is 0 Å². The van der Waals surface area contributed by atoms with Gasteiger partial charge in [-0.25, -0.2) is 9.97 Å². The molecule has 2 aromatic heterocycles. The molecule has 3 aromatic rings. The van der Waals surface area contributed by atoms with Gasteiger partial charge in [0.2, 0.25) is 5.95 Å². The van der Waals surface area contributed by atoms with E-state index in [1.165, 1.54) is 0 Å². The number of rotatable bonds is 5. The number of anilines is 1. The van der Waals surface area contributed by atoms with E-state index >= 15 is 0 Å². The summed E-state index contributed by atoms with van der Waals surface area (Å²) < 4.78 is 0. The lowest BCUT2D eigenvalue weighted by atomic mass is 9.91. The standard InChI is InChI=1S/C18H20N4O/c1-3-12(2)15(22-18-20-10-5-11-21-18)14-8-7-13-6-4-9-19-16(13)17(14)23/h4-12,15,23H,3H2,1-2H3,(H,20,21,22). The number of fused-ring (bicyclic) bond motifs is 1. The lowest BCUT2D eigenvalue weighted by molar-refractivity contribution is 0.435. The fraction of sp³-hybridized carbons (Fsp3) is 0.278. The second-order valence-electron chi connectivity index (χ2n) is 5.66. The van der Waals surface area contributed by atoms with E-state index in [2.05, 4.69) is 34.1 Å². The van der Waals surface area contributed by atoms with Gasteiger partial charge < -0.3 is 10.4 Å². The molecule has 0 saturated heterocycles. The van der Waals surface area contributed by atoms with E-state index in [4.69, 9.17) is 0 Å². The first-order valence-corrected chi connectivity index (χ1v) is 7.81. The molecular weight excluding hydrogens is 288 g/mol. The maximum absolute atomic E-state index is 10.7. The third-order valence-corrected chi connectivity index (χ3v) is 4.18. The van der Waals surface area contributed by atoms with Crippen LogP contribution in [0.1, 0.15) is 31.9 Å². The maximum atomic E-state index is 10.7. The minimum Gasteiger partial charge on any atom is -0.505 e. The van der Waals surface area contributed by atoms with Crippen molar-refractivity contribution in [3.8, 4) is 5.75 Å². The lowest BCUT2D eigenvalue weighted by Crippen LogP contribution is -2.20. The Hall–Kier alpha value is -2.69. The van der Waals surface area contributed by atoms with Crippen molar-refractivity contribution in [2.24, 2.45) is 5.92 Å². The molecule has 0 saturated carbocycles. The number of nitrogens with zero attached hydrogens (tertiary/aromatic N) is 3. The SMILES string of the molecule is CCC(C)C(Nc1ncccn1)c1ccc2cccnc2c1O. The predicted molar refractivity (Wildman–Crippen MR) is 91.3 cm³/mol. The zero-order valence-corrected chi connectivity index (χ0v) is 13.3. The molecule has 0 spiro atoms. The molecule has 0 aliphatic heterocycles. The molecule has 118 valence electrons.